The van der Waals surface area contributed by atoms with Crippen molar-refractivity contribution in [3.8, 4) is 0 Å². The number of alkyl halides is 7. The van der Waals surface area contributed by atoms with Crippen molar-refractivity contribution in [1.29, 1.82) is 0 Å². The third-order valence-corrected chi connectivity index (χ3v) is 6.45. The molecule has 9 heteroatoms. The fourth-order valence-corrected chi connectivity index (χ4v) is 4.21. The topological polar surface area (TPSA) is 18.5 Å². The summed E-state index contributed by atoms with van der Waals surface area (Å²) in [6, 6.07) is 0. The van der Waals surface area contributed by atoms with Gasteiger partial charge in [-0.3, -0.25) is 0 Å². The Morgan fingerprint density at radius 3 is 1.59 bits per heavy atom. The summed E-state index contributed by atoms with van der Waals surface area (Å²) in [5, 5.41) is 0. The molecule has 0 aromatic carbocycles. The van der Waals surface area contributed by atoms with E-state index in [9.17, 15) is 30.7 Å². The van der Waals surface area contributed by atoms with Crippen molar-refractivity contribution in [2.75, 3.05) is 19.8 Å². The van der Waals surface area contributed by atoms with E-state index < -0.39 is 24.4 Å². The molecule has 204 valence electrons. The van der Waals surface area contributed by atoms with E-state index in [0.29, 0.717) is 12.5 Å². The molecule has 1 heterocycles. The number of hydrogen-bond acceptors (Lipinski definition) is 2. The van der Waals surface area contributed by atoms with Gasteiger partial charge < -0.3 is 9.47 Å². The van der Waals surface area contributed by atoms with Crippen molar-refractivity contribution in [1.82, 2.24) is 0 Å². The summed E-state index contributed by atoms with van der Waals surface area (Å²) in [5.41, 5.74) is 0. The number of rotatable bonds is 20. The first-order valence-electron chi connectivity index (χ1n) is 13.1. The highest BCUT2D eigenvalue weighted by Crippen LogP contribution is 2.48. The van der Waals surface area contributed by atoms with Crippen LogP contribution < -0.4 is 0 Å². The molecule has 0 N–H and O–H groups in total. The van der Waals surface area contributed by atoms with Crippen LogP contribution in [-0.2, 0) is 9.47 Å². The summed E-state index contributed by atoms with van der Waals surface area (Å²) >= 11 is 0. The maximum Gasteiger partial charge on any atom is 0.459 e. The standard InChI is InChI=1S/C25H43F7O2/c26-23(27,24(28,29)25(30,31)32)18-13-10-8-6-4-2-1-3-5-7-9-11-14-19-33-21-17-22-16-12-15-20-34-22/h22H,1-21H2. The molecule has 1 fully saturated rings. The lowest BCUT2D eigenvalue weighted by atomic mass is 10.0. The quantitative estimate of drug-likeness (QED) is 0.121. The van der Waals surface area contributed by atoms with Crippen molar-refractivity contribution in [3.63, 3.8) is 0 Å². The monoisotopic (exact) mass is 508 g/mol. The van der Waals surface area contributed by atoms with Crippen molar-refractivity contribution in [3.05, 3.63) is 0 Å². The average molecular weight is 509 g/mol. The average Bonchev–Trinajstić information content (AvgIpc) is 2.78. The van der Waals surface area contributed by atoms with Gasteiger partial charge in [0.1, 0.15) is 0 Å². The van der Waals surface area contributed by atoms with Crippen molar-refractivity contribution < 1.29 is 40.2 Å². The molecule has 0 saturated carbocycles. The van der Waals surface area contributed by atoms with E-state index in [2.05, 4.69) is 0 Å². The molecule has 0 amide bonds. The second-order valence-corrected chi connectivity index (χ2v) is 9.51. The smallest absolute Gasteiger partial charge is 0.381 e. The van der Waals surface area contributed by atoms with Gasteiger partial charge in [-0.15, -0.1) is 0 Å². The van der Waals surface area contributed by atoms with Crippen molar-refractivity contribution in [2.24, 2.45) is 0 Å². The highest BCUT2D eigenvalue weighted by molar-refractivity contribution is 4.90. The molecule has 1 aliphatic heterocycles. The lowest BCUT2D eigenvalue weighted by Gasteiger charge is -2.28. The molecule has 0 aliphatic carbocycles. The normalized spacial score (nSPS) is 17.9. The van der Waals surface area contributed by atoms with E-state index in [4.69, 9.17) is 9.47 Å². The Hall–Kier alpha value is -0.570. The predicted molar refractivity (Wildman–Crippen MR) is 120 cm³/mol. The predicted octanol–water partition coefficient (Wildman–Crippen LogP) is 9.26. The number of hydrogen-bond donors (Lipinski definition) is 0. The summed E-state index contributed by atoms with van der Waals surface area (Å²) in [6.07, 6.45) is 8.62. The number of unbranched alkanes of at least 4 members (excludes halogenated alkanes) is 12. The van der Waals surface area contributed by atoms with E-state index in [1.54, 1.807) is 0 Å². The second kappa shape index (κ2) is 17.0. The molecule has 1 aliphatic rings. The molecule has 2 nitrogen and oxygen atoms in total. The van der Waals surface area contributed by atoms with Gasteiger partial charge in [0.2, 0.25) is 0 Å². The van der Waals surface area contributed by atoms with Gasteiger partial charge in [-0.2, -0.15) is 30.7 Å². The SMILES string of the molecule is FC(F)(F)C(F)(F)C(F)(F)CCCCCCCCCCCCCCCOCCC1CCCCO1. The summed E-state index contributed by atoms with van der Waals surface area (Å²) in [5.74, 6) is -11.0. The maximum atomic E-state index is 13.2. The van der Waals surface area contributed by atoms with Crippen molar-refractivity contribution >= 4 is 0 Å². The Morgan fingerprint density at radius 1 is 0.618 bits per heavy atom. The van der Waals surface area contributed by atoms with E-state index in [0.717, 1.165) is 71.2 Å². The van der Waals surface area contributed by atoms with Crippen LogP contribution in [0.25, 0.3) is 0 Å². The zero-order valence-corrected chi connectivity index (χ0v) is 20.4. The van der Waals surface area contributed by atoms with Crippen LogP contribution in [0.2, 0.25) is 0 Å². The fourth-order valence-electron chi connectivity index (χ4n) is 4.21. The molecule has 1 saturated heterocycles. The third-order valence-electron chi connectivity index (χ3n) is 6.45. The van der Waals surface area contributed by atoms with Crippen LogP contribution >= 0.6 is 0 Å². The molecular weight excluding hydrogens is 465 g/mol. The molecule has 0 radical (unpaired) electrons. The van der Waals surface area contributed by atoms with Gasteiger partial charge >= 0.3 is 18.0 Å². The third kappa shape index (κ3) is 12.9. The Kier molecular flexibility index (Phi) is 15.7. The van der Waals surface area contributed by atoms with Gasteiger partial charge in [-0.05, 0) is 38.5 Å². The molecule has 0 bridgehead atoms. The minimum absolute atomic E-state index is 0.238. The molecule has 0 spiro atoms. The van der Waals surface area contributed by atoms with Crippen molar-refractivity contribution in [2.45, 2.75) is 140 Å². The van der Waals surface area contributed by atoms with Crippen LogP contribution in [0.15, 0.2) is 0 Å². The van der Waals surface area contributed by atoms with Crippen LogP contribution in [0.1, 0.15) is 116 Å². The van der Waals surface area contributed by atoms with Gasteiger partial charge in [0, 0.05) is 26.2 Å². The summed E-state index contributed by atoms with van der Waals surface area (Å²) in [7, 11) is 0. The molecule has 1 atom stereocenters. The minimum Gasteiger partial charge on any atom is -0.381 e. The minimum atomic E-state index is -6.23. The Morgan fingerprint density at radius 2 is 1.12 bits per heavy atom. The number of ether oxygens (including phenoxy) is 2. The molecule has 34 heavy (non-hydrogen) atoms. The van der Waals surface area contributed by atoms with Crippen LogP contribution in [0, 0.1) is 0 Å². The molecule has 1 unspecified atom stereocenters. The molecule has 0 aromatic rings. The molecule has 0 aromatic heterocycles. The largest absolute Gasteiger partial charge is 0.459 e. The van der Waals surface area contributed by atoms with E-state index in [1.165, 1.54) is 38.5 Å². The van der Waals surface area contributed by atoms with Gasteiger partial charge in [0.25, 0.3) is 0 Å². The van der Waals surface area contributed by atoms with Crippen LogP contribution in [0.5, 0.6) is 0 Å². The maximum absolute atomic E-state index is 13.2. The summed E-state index contributed by atoms with van der Waals surface area (Å²) < 4.78 is 99.5. The van der Waals surface area contributed by atoms with Gasteiger partial charge in [-0.25, -0.2) is 0 Å². The first kappa shape index (κ1) is 31.5. The second-order valence-electron chi connectivity index (χ2n) is 9.51. The van der Waals surface area contributed by atoms with Gasteiger partial charge in [0.15, 0.2) is 0 Å². The van der Waals surface area contributed by atoms with Gasteiger partial charge in [0.05, 0.1) is 6.10 Å². The molecule has 1 rings (SSSR count). The zero-order chi connectivity index (χ0) is 25.3. The summed E-state index contributed by atoms with van der Waals surface area (Å²) in [4.78, 5) is 0. The highest BCUT2D eigenvalue weighted by Gasteiger charge is 2.72. The fraction of sp³-hybridized carbons (Fsp3) is 1.00. The summed E-state index contributed by atoms with van der Waals surface area (Å²) in [6.45, 7) is 2.48. The van der Waals surface area contributed by atoms with Crippen LogP contribution in [-0.4, -0.2) is 43.9 Å². The van der Waals surface area contributed by atoms with E-state index in [-0.39, 0.29) is 12.8 Å². The highest BCUT2D eigenvalue weighted by atomic mass is 19.4. The van der Waals surface area contributed by atoms with Gasteiger partial charge in [-0.1, -0.05) is 70.6 Å². The first-order chi connectivity index (χ1) is 16.1. The van der Waals surface area contributed by atoms with E-state index in [1.807, 2.05) is 0 Å². The Balaban J connectivity index is 1.81. The molecular formula is C25H43F7O2. The lowest BCUT2D eigenvalue weighted by molar-refractivity contribution is -0.355. The lowest BCUT2D eigenvalue weighted by Crippen LogP contribution is -2.51. The first-order valence-corrected chi connectivity index (χ1v) is 13.1. The zero-order valence-electron chi connectivity index (χ0n) is 20.4. The Labute approximate surface area is 200 Å². The Bertz CT molecular complexity index is 492. The van der Waals surface area contributed by atoms with Crippen LogP contribution in [0.4, 0.5) is 30.7 Å². The van der Waals surface area contributed by atoms with Crippen LogP contribution in [0.3, 0.4) is 0 Å². The van der Waals surface area contributed by atoms with E-state index >= 15 is 0 Å². The number of halogens is 7.